The largest absolute Gasteiger partial charge is 0.480 e. The first-order valence-corrected chi connectivity index (χ1v) is 3.87. The van der Waals surface area contributed by atoms with Gasteiger partial charge in [0.05, 0.1) is 11.9 Å². The van der Waals surface area contributed by atoms with E-state index >= 15 is 0 Å². The molecule has 1 saturated carbocycles. The van der Waals surface area contributed by atoms with Gasteiger partial charge in [-0.2, -0.15) is 0 Å². The molecular weight excluding hydrogens is 158 g/mol. The molecule has 0 unspecified atom stereocenters. The quantitative estimate of drug-likeness (QED) is 0.700. The van der Waals surface area contributed by atoms with Gasteiger partial charge in [0.1, 0.15) is 6.54 Å². The zero-order valence-corrected chi connectivity index (χ0v) is 6.47. The van der Waals surface area contributed by atoms with Crippen LogP contribution in [0.5, 0.6) is 0 Å². The standard InChI is InChI=1S/C7H9N3O2/c11-7(12)4-10-6(3-8-9-10)5-1-2-5/h3,5H,1-2,4H2,(H,11,12). The fraction of sp³-hybridized carbons (Fsp3) is 0.571. The minimum atomic E-state index is -0.873. The summed E-state index contributed by atoms with van der Waals surface area (Å²) < 4.78 is 1.46. The van der Waals surface area contributed by atoms with Gasteiger partial charge in [0.25, 0.3) is 0 Å². The number of rotatable bonds is 3. The third-order valence-corrected chi connectivity index (χ3v) is 1.93. The van der Waals surface area contributed by atoms with Crippen LogP contribution >= 0.6 is 0 Å². The minimum absolute atomic E-state index is 0.0775. The molecule has 1 N–H and O–H groups in total. The Bertz CT molecular complexity index is 303. The van der Waals surface area contributed by atoms with Crippen molar-refractivity contribution in [3.05, 3.63) is 11.9 Å². The van der Waals surface area contributed by atoms with Crippen LogP contribution < -0.4 is 0 Å². The highest BCUT2D eigenvalue weighted by atomic mass is 16.4. The summed E-state index contributed by atoms with van der Waals surface area (Å²) in [5, 5.41) is 15.9. The van der Waals surface area contributed by atoms with Crippen molar-refractivity contribution in [3.63, 3.8) is 0 Å². The van der Waals surface area contributed by atoms with E-state index in [0.717, 1.165) is 18.5 Å². The predicted octanol–water partition coefficient (Wildman–Crippen LogP) is 0.240. The Morgan fingerprint density at radius 2 is 2.50 bits per heavy atom. The molecule has 1 aliphatic carbocycles. The van der Waals surface area contributed by atoms with Crippen molar-refractivity contribution in [2.45, 2.75) is 25.3 Å². The second-order valence-electron chi connectivity index (χ2n) is 2.98. The maximum Gasteiger partial charge on any atom is 0.325 e. The van der Waals surface area contributed by atoms with Gasteiger partial charge < -0.3 is 5.11 Å². The van der Waals surface area contributed by atoms with Gasteiger partial charge in [-0.15, -0.1) is 5.10 Å². The number of hydrogen-bond acceptors (Lipinski definition) is 3. The molecule has 1 aliphatic rings. The van der Waals surface area contributed by atoms with Gasteiger partial charge in [-0.3, -0.25) is 4.79 Å². The van der Waals surface area contributed by atoms with Crippen LogP contribution in [-0.2, 0) is 11.3 Å². The molecule has 0 atom stereocenters. The first kappa shape index (κ1) is 7.27. The van der Waals surface area contributed by atoms with Gasteiger partial charge in [-0.1, -0.05) is 5.21 Å². The molecule has 0 amide bonds. The molecule has 5 heteroatoms. The molecule has 1 fully saturated rings. The highest BCUT2D eigenvalue weighted by molar-refractivity contribution is 5.66. The molecule has 0 bridgehead atoms. The fourth-order valence-corrected chi connectivity index (χ4v) is 1.21. The third-order valence-electron chi connectivity index (χ3n) is 1.93. The Morgan fingerprint density at radius 1 is 1.75 bits per heavy atom. The van der Waals surface area contributed by atoms with Gasteiger partial charge in [-0.05, 0) is 12.8 Å². The molecule has 0 aromatic carbocycles. The summed E-state index contributed by atoms with van der Waals surface area (Å²) in [5.41, 5.74) is 0.956. The van der Waals surface area contributed by atoms with E-state index in [-0.39, 0.29) is 6.54 Å². The monoisotopic (exact) mass is 167 g/mol. The molecule has 12 heavy (non-hydrogen) atoms. The summed E-state index contributed by atoms with van der Waals surface area (Å²) in [6, 6.07) is 0. The van der Waals surface area contributed by atoms with E-state index in [2.05, 4.69) is 10.3 Å². The fourth-order valence-electron chi connectivity index (χ4n) is 1.21. The first-order chi connectivity index (χ1) is 5.77. The molecule has 0 spiro atoms. The summed E-state index contributed by atoms with van der Waals surface area (Å²) in [4.78, 5) is 10.4. The molecule has 64 valence electrons. The number of nitrogens with zero attached hydrogens (tertiary/aromatic N) is 3. The van der Waals surface area contributed by atoms with E-state index in [9.17, 15) is 4.79 Å². The van der Waals surface area contributed by atoms with Crippen LogP contribution in [0.25, 0.3) is 0 Å². The molecule has 1 aromatic heterocycles. The van der Waals surface area contributed by atoms with E-state index in [1.165, 1.54) is 4.68 Å². The number of aromatic nitrogens is 3. The molecule has 5 nitrogen and oxygen atoms in total. The van der Waals surface area contributed by atoms with Crippen molar-refractivity contribution in [2.75, 3.05) is 0 Å². The Labute approximate surface area is 69.0 Å². The number of hydrogen-bond donors (Lipinski definition) is 1. The normalized spacial score (nSPS) is 16.3. The molecule has 0 aliphatic heterocycles. The first-order valence-electron chi connectivity index (χ1n) is 3.87. The van der Waals surface area contributed by atoms with Crippen LogP contribution in [-0.4, -0.2) is 26.1 Å². The van der Waals surface area contributed by atoms with Crippen molar-refractivity contribution in [3.8, 4) is 0 Å². The lowest BCUT2D eigenvalue weighted by molar-refractivity contribution is -0.137. The maximum absolute atomic E-state index is 10.4. The van der Waals surface area contributed by atoms with Crippen LogP contribution in [0.4, 0.5) is 0 Å². The average molecular weight is 167 g/mol. The molecule has 1 heterocycles. The minimum Gasteiger partial charge on any atom is -0.480 e. The molecular formula is C7H9N3O2. The van der Waals surface area contributed by atoms with Crippen LogP contribution in [0.15, 0.2) is 6.20 Å². The second kappa shape index (κ2) is 2.58. The van der Waals surface area contributed by atoms with Crippen LogP contribution in [0, 0.1) is 0 Å². The van der Waals surface area contributed by atoms with Crippen molar-refractivity contribution in [2.24, 2.45) is 0 Å². The van der Waals surface area contributed by atoms with Gasteiger partial charge in [0, 0.05) is 5.92 Å². The highest BCUT2D eigenvalue weighted by Crippen LogP contribution is 2.39. The van der Waals surface area contributed by atoms with Crippen LogP contribution in [0.2, 0.25) is 0 Å². The van der Waals surface area contributed by atoms with Gasteiger partial charge in [-0.25, -0.2) is 4.68 Å². The SMILES string of the molecule is O=C(O)Cn1nncc1C1CC1. The number of carboxylic acid groups (broad SMARTS) is 1. The highest BCUT2D eigenvalue weighted by Gasteiger charge is 2.27. The van der Waals surface area contributed by atoms with E-state index in [0.29, 0.717) is 5.92 Å². The van der Waals surface area contributed by atoms with Crippen molar-refractivity contribution >= 4 is 5.97 Å². The Hall–Kier alpha value is -1.39. The summed E-state index contributed by atoms with van der Waals surface area (Å²) in [7, 11) is 0. The lowest BCUT2D eigenvalue weighted by Crippen LogP contribution is -2.12. The lowest BCUT2D eigenvalue weighted by atomic mass is 10.3. The average Bonchev–Trinajstić information content (AvgIpc) is 2.73. The molecule has 2 rings (SSSR count). The predicted molar refractivity (Wildman–Crippen MR) is 39.6 cm³/mol. The smallest absolute Gasteiger partial charge is 0.325 e. The van der Waals surface area contributed by atoms with Gasteiger partial charge >= 0.3 is 5.97 Å². The van der Waals surface area contributed by atoms with Gasteiger partial charge in [0.15, 0.2) is 0 Å². The van der Waals surface area contributed by atoms with Crippen molar-refractivity contribution in [1.82, 2.24) is 15.0 Å². The van der Waals surface area contributed by atoms with Crippen molar-refractivity contribution < 1.29 is 9.90 Å². The van der Waals surface area contributed by atoms with E-state index < -0.39 is 5.97 Å². The zero-order valence-electron chi connectivity index (χ0n) is 6.47. The number of carboxylic acids is 1. The molecule has 0 saturated heterocycles. The van der Waals surface area contributed by atoms with Crippen LogP contribution in [0.1, 0.15) is 24.5 Å². The Balaban J connectivity index is 2.18. The maximum atomic E-state index is 10.4. The zero-order chi connectivity index (χ0) is 8.55. The second-order valence-corrected chi connectivity index (χ2v) is 2.98. The van der Waals surface area contributed by atoms with Crippen molar-refractivity contribution in [1.29, 1.82) is 0 Å². The van der Waals surface area contributed by atoms with Gasteiger partial charge in [0.2, 0.25) is 0 Å². The summed E-state index contributed by atoms with van der Waals surface area (Å²) in [6.07, 6.45) is 3.92. The molecule has 0 radical (unpaired) electrons. The number of carbonyl (C=O) groups is 1. The van der Waals surface area contributed by atoms with E-state index in [1.807, 2.05) is 0 Å². The molecule has 1 aromatic rings. The van der Waals surface area contributed by atoms with E-state index in [1.54, 1.807) is 6.20 Å². The Kier molecular flexibility index (Phi) is 1.56. The number of aliphatic carboxylic acids is 1. The van der Waals surface area contributed by atoms with E-state index in [4.69, 9.17) is 5.11 Å². The summed E-state index contributed by atoms with van der Waals surface area (Å²) in [5.74, 6) is -0.373. The third kappa shape index (κ3) is 1.30. The Morgan fingerprint density at radius 3 is 3.08 bits per heavy atom. The lowest BCUT2D eigenvalue weighted by Gasteiger charge is -1.99. The topological polar surface area (TPSA) is 68.0 Å². The summed E-state index contributed by atoms with van der Waals surface area (Å²) >= 11 is 0. The summed E-state index contributed by atoms with van der Waals surface area (Å²) in [6.45, 7) is -0.0775. The van der Waals surface area contributed by atoms with Crippen LogP contribution in [0.3, 0.4) is 0 Å².